The summed E-state index contributed by atoms with van der Waals surface area (Å²) in [7, 11) is 0. The van der Waals surface area contributed by atoms with Crippen molar-refractivity contribution in [1.82, 2.24) is 14.9 Å². The number of benzene rings is 1. The molecule has 1 aliphatic rings. The highest BCUT2D eigenvalue weighted by Crippen LogP contribution is 2.27. The molecule has 1 aliphatic heterocycles. The molecular weight excluding hydrogens is 270 g/mol. The molecule has 0 saturated carbocycles. The van der Waals surface area contributed by atoms with Gasteiger partial charge in [-0.25, -0.2) is 9.78 Å². The Labute approximate surface area is 121 Å². The summed E-state index contributed by atoms with van der Waals surface area (Å²) in [6.07, 6.45) is 1.96. The van der Waals surface area contributed by atoms with E-state index in [4.69, 9.17) is 0 Å². The van der Waals surface area contributed by atoms with Crippen LogP contribution in [0.5, 0.6) is 0 Å². The molecule has 1 fully saturated rings. The first-order valence-electron chi connectivity index (χ1n) is 7.11. The summed E-state index contributed by atoms with van der Waals surface area (Å²) in [5.74, 6) is -0.0374. The molecular formula is C15H17N3O3. The summed E-state index contributed by atoms with van der Waals surface area (Å²) in [6, 6.07) is 5.34. The number of hydrogen-bond acceptors (Lipinski definition) is 3. The van der Waals surface area contributed by atoms with E-state index in [2.05, 4.69) is 14.9 Å². The van der Waals surface area contributed by atoms with Crippen LogP contribution < -0.4 is 5.32 Å². The maximum Gasteiger partial charge on any atom is 0.337 e. The number of hydrogen-bond donors (Lipinski definition) is 2. The molecule has 3 rings (SSSR count). The van der Waals surface area contributed by atoms with Gasteiger partial charge in [-0.2, -0.15) is 0 Å². The van der Waals surface area contributed by atoms with Gasteiger partial charge in [-0.1, -0.05) is 13.0 Å². The molecule has 110 valence electrons. The molecule has 1 amide bonds. The normalized spacial score (nSPS) is 18.7. The third-order valence-electron chi connectivity index (χ3n) is 3.94. The number of carboxylic acid groups (broad SMARTS) is 1. The Morgan fingerprint density at radius 3 is 2.95 bits per heavy atom. The minimum Gasteiger partial charge on any atom is -0.478 e. The molecule has 0 bridgehead atoms. The Bertz CT molecular complexity index is 710. The third kappa shape index (κ3) is 2.26. The number of aryl methyl sites for hydroxylation is 1. The van der Waals surface area contributed by atoms with E-state index in [0.717, 1.165) is 24.2 Å². The zero-order chi connectivity index (χ0) is 15.0. The van der Waals surface area contributed by atoms with Crippen LogP contribution in [-0.4, -0.2) is 33.1 Å². The number of nitrogens with zero attached hydrogens (tertiary/aromatic N) is 2. The molecule has 2 N–H and O–H groups in total. The molecule has 1 atom stereocenters. The molecule has 2 heterocycles. The van der Waals surface area contributed by atoms with Crippen LogP contribution in [0.15, 0.2) is 18.2 Å². The van der Waals surface area contributed by atoms with E-state index in [1.54, 1.807) is 12.1 Å². The number of aromatic carboxylic acids is 1. The minimum atomic E-state index is -0.968. The van der Waals surface area contributed by atoms with Gasteiger partial charge >= 0.3 is 5.97 Å². The number of piperidine rings is 1. The van der Waals surface area contributed by atoms with Crippen molar-refractivity contribution in [3.05, 3.63) is 29.6 Å². The monoisotopic (exact) mass is 287 g/mol. The summed E-state index contributed by atoms with van der Waals surface area (Å²) >= 11 is 0. The summed E-state index contributed by atoms with van der Waals surface area (Å²) in [6.45, 7) is 2.56. The van der Waals surface area contributed by atoms with E-state index in [9.17, 15) is 14.7 Å². The number of para-hydroxylation sites is 1. The molecule has 0 radical (unpaired) electrons. The fourth-order valence-corrected chi connectivity index (χ4v) is 2.93. The molecule has 2 aromatic rings. The zero-order valence-corrected chi connectivity index (χ0v) is 11.8. The number of carboxylic acids is 1. The minimum absolute atomic E-state index is 0.0694. The van der Waals surface area contributed by atoms with Crippen molar-refractivity contribution < 1.29 is 14.7 Å². The van der Waals surface area contributed by atoms with E-state index < -0.39 is 5.97 Å². The third-order valence-corrected chi connectivity index (χ3v) is 3.94. The van der Waals surface area contributed by atoms with Gasteiger partial charge in [0.25, 0.3) is 0 Å². The second-order valence-electron chi connectivity index (χ2n) is 5.23. The van der Waals surface area contributed by atoms with Gasteiger partial charge in [0.1, 0.15) is 11.3 Å². The van der Waals surface area contributed by atoms with Crippen molar-refractivity contribution in [2.75, 3.05) is 6.54 Å². The molecule has 1 unspecified atom stereocenters. The maximum absolute atomic E-state index is 11.3. The number of imidazole rings is 1. The highest BCUT2D eigenvalue weighted by molar-refractivity contribution is 6.01. The van der Waals surface area contributed by atoms with Crippen LogP contribution in [0.4, 0.5) is 0 Å². The van der Waals surface area contributed by atoms with Crippen LogP contribution in [0.25, 0.3) is 11.0 Å². The van der Waals surface area contributed by atoms with Crippen LogP contribution in [0.3, 0.4) is 0 Å². The van der Waals surface area contributed by atoms with E-state index in [1.807, 2.05) is 13.0 Å². The lowest BCUT2D eigenvalue weighted by Crippen LogP contribution is -2.36. The number of nitrogens with one attached hydrogen (secondary N) is 1. The van der Waals surface area contributed by atoms with Gasteiger partial charge in [0.15, 0.2) is 0 Å². The fourth-order valence-electron chi connectivity index (χ4n) is 2.93. The van der Waals surface area contributed by atoms with Gasteiger partial charge in [0, 0.05) is 19.4 Å². The first kappa shape index (κ1) is 13.6. The van der Waals surface area contributed by atoms with Crippen LogP contribution >= 0.6 is 0 Å². The van der Waals surface area contributed by atoms with Gasteiger partial charge in [0.05, 0.1) is 17.1 Å². The van der Waals surface area contributed by atoms with Crippen LogP contribution in [0.1, 0.15) is 42.0 Å². The van der Waals surface area contributed by atoms with Crippen LogP contribution in [0.2, 0.25) is 0 Å². The first-order chi connectivity index (χ1) is 10.1. The van der Waals surface area contributed by atoms with Crippen molar-refractivity contribution in [1.29, 1.82) is 0 Å². The second kappa shape index (κ2) is 5.20. The van der Waals surface area contributed by atoms with E-state index >= 15 is 0 Å². The fraction of sp³-hybridized carbons (Fsp3) is 0.400. The van der Waals surface area contributed by atoms with E-state index in [1.165, 1.54) is 0 Å². The number of fused-ring (bicyclic) bond motifs is 1. The highest BCUT2D eigenvalue weighted by Gasteiger charge is 2.25. The van der Waals surface area contributed by atoms with E-state index in [0.29, 0.717) is 18.5 Å². The lowest BCUT2D eigenvalue weighted by atomic mass is 10.1. The molecule has 0 aliphatic carbocycles. The lowest BCUT2D eigenvalue weighted by Gasteiger charge is -2.25. The maximum atomic E-state index is 11.3. The molecule has 1 aromatic heterocycles. The van der Waals surface area contributed by atoms with Gasteiger partial charge < -0.3 is 15.0 Å². The van der Waals surface area contributed by atoms with Crippen molar-refractivity contribution >= 4 is 22.9 Å². The predicted octanol–water partition coefficient (Wildman–Crippen LogP) is 1.75. The Balaban J connectivity index is 2.15. The average Bonchev–Trinajstić information content (AvgIpc) is 2.86. The summed E-state index contributed by atoms with van der Waals surface area (Å²) in [4.78, 5) is 27.2. The van der Waals surface area contributed by atoms with Crippen molar-refractivity contribution in [2.24, 2.45) is 0 Å². The topological polar surface area (TPSA) is 84.2 Å². The SMILES string of the molecule is CCc1nc2c(C(=O)O)cccc2n1C1CCC(=O)NC1. The number of aromatic nitrogens is 2. The first-order valence-corrected chi connectivity index (χ1v) is 7.11. The number of carbonyl (C=O) groups excluding carboxylic acids is 1. The van der Waals surface area contributed by atoms with E-state index in [-0.39, 0.29) is 17.5 Å². The molecule has 6 nitrogen and oxygen atoms in total. The lowest BCUT2D eigenvalue weighted by molar-refractivity contribution is -0.122. The number of carbonyl (C=O) groups is 2. The molecule has 1 aromatic carbocycles. The molecule has 1 saturated heterocycles. The number of amides is 1. The Morgan fingerprint density at radius 2 is 2.33 bits per heavy atom. The Kier molecular flexibility index (Phi) is 3.37. The molecule has 0 spiro atoms. The quantitative estimate of drug-likeness (QED) is 0.900. The van der Waals surface area contributed by atoms with Gasteiger partial charge in [-0.05, 0) is 18.6 Å². The average molecular weight is 287 g/mol. The number of rotatable bonds is 3. The highest BCUT2D eigenvalue weighted by atomic mass is 16.4. The summed E-state index contributed by atoms with van der Waals surface area (Å²) in [5, 5.41) is 12.2. The second-order valence-corrected chi connectivity index (χ2v) is 5.23. The molecule has 6 heteroatoms. The smallest absolute Gasteiger partial charge is 0.337 e. The largest absolute Gasteiger partial charge is 0.478 e. The van der Waals surface area contributed by atoms with Crippen LogP contribution in [0, 0.1) is 0 Å². The molecule has 21 heavy (non-hydrogen) atoms. The van der Waals surface area contributed by atoms with Crippen molar-refractivity contribution in [3.63, 3.8) is 0 Å². The van der Waals surface area contributed by atoms with Crippen molar-refractivity contribution in [2.45, 2.75) is 32.2 Å². The zero-order valence-electron chi connectivity index (χ0n) is 11.8. The van der Waals surface area contributed by atoms with Crippen LogP contribution in [-0.2, 0) is 11.2 Å². The van der Waals surface area contributed by atoms with Gasteiger partial charge in [-0.15, -0.1) is 0 Å². The standard InChI is InChI=1S/C15H17N3O3/c1-2-12-17-14-10(15(20)21)4-3-5-11(14)18(12)9-6-7-13(19)16-8-9/h3-5,9H,2,6-8H2,1H3,(H,16,19)(H,20,21). The Hall–Kier alpha value is -2.37. The Morgan fingerprint density at radius 1 is 1.52 bits per heavy atom. The summed E-state index contributed by atoms with van der Waals surface area (Å²) in [5.41, 5.74) is 1.58. The van der Waals surface area contributed by atoms with Gasteiger partial charge in [-0.3, -0.25) is 4.79 Å². The summed E-state index contributed by atoms with van der Waals surface area (Å²) < 4.78 is 2.08. The van der Waals surface area contributed by atoms with Gasteiger partial charge in [0.2, 0.25) is 5.91 Å². The van der Waals surface area contributed by atoms with Crippen molar-refractivity contribution in [3.8, 4) is 0 Å². The predicted molar refractivity (Wildman–Crippen MR) is 77.4 cm³/mol.